The molecule has 1 aromatic rings. The summed E-state index contributed by atoms with van der Waals surface area (Å²) in [5.41, 5.74) is 0.743. The summed E-state index contributed by atoms with van der Waals surface area (Å²) < 4.78 is 0. The zero-order chi connectivity index (χ0) is 15.0. The highest BCUT2D eigenvalue weighted by Gasteiger charge is 2.43. The average Bonchev–Trinajstić information content (AvgIpc) is 3.02. The zero-order valence-corrected chi connectivity index (χ0v) is 12.0. The number of nitro benzene ring substituents is 1. The lowest BCUT2D eigenvalue weighted by Crippen LogP contribution is -2.38. The molecule has 0 aliphatic carbocycles. The van der Waals surface area contributed by atoms with Crippen LogP contribution in [0.5, 0.6) is 0 Å². The highest BCUT2D eigenvalue weighted by Crippen LogP contribution is 2.32. The fourth-order valence-corrected chi connectivity index (χ4v) is 3.55. The predicted molar refractivity (Wildman–Crippen MR) is 77.8 cm³/mol. The van der Waals surface area contributed by atoms with Crippen molar-refractivity contribution in [3.63, 3.8) is 0 Å². The van der Waals surface area contributed by atoms with Crippen LogP contribution in [0.2, 0.25) is 0 Å². The van der Waals surface area contributed by atoms with Crippen molar-refractivity contribution in [2.24, 2.45) is 11.8 Å². The summed E-state index contributed by atoms with van der Waals surface area (Å²) in [6.07, 6.45) is 0.235. The second kappa shape index (κ2) is 5.44. The maximum atomic E-state index is 12.5. The fourth-order valence-electron chi connectivity index (χ4n) is 3.55. The normalized spacial score (nSPS) is 27.7. The SMILES string of the molecule is CC1C2CNCC2CN1C(=O)Cc1cccc([N+](=O)[O-])c1. The van der Waals surface area contributed by atoms with Gasteiger partial charge in [-0.15, -0.1) is 0 Å². The third kappa shape index (κ3) is 2.63. The molecule has 3 rings (SSSR count). The Hall–Kier alpha value is -1.95. The smallest absolute Gasteiger partial charge is 0.269 e. The molecule has 0 aromatic heterocycles. The van der Waals surface area contributed by atoms with Crippen LogP contribution in [0, 0.1) is 22.0 Å². The van der Waals surface area contributed by atoms with Gasteiger partial charge < -0.3 is 10.2 Å². The van der Waals surface area contributed by atoms with E-state index in [2.05, 4.69) is 12.2 Å². The van der Waals surface area contributed by atoms with Crippen molar-refractivity contribution in [2.45, 2.75) is 19.4 Å². The van der Waals surface area contributed by atoms with Crippen molar-refractivity contribution in [2.75, 3.05) is 19.6 Å². The molecule has 2 fully saturated rings. The number of nitrogens with one attached hydrogen (secondary N) is 1. The number of benzene rings is 1. The third-order valence-electron chi connectivity index (χ3n) is 4.73. The van der Waals surface area contributed by atoms with E-state index in [-0.39, 0.29) is 24.1 Å². The lowest BCUT2D eigenvalue weighted by molar-refractivity contribution is -0.384. The van der Waals surface area contributed by atoms with E-state index >= 15 is 0 Å². The van der Waals surface area contributed by atoms with Crippen LogP contribution in [-0.4, -0.2) is 41.4 Å². The Morgan fingerprint density at radius 1 is 1.48 bits per heavy atom. The quantitative estimate of drug-likeness (QED) is 0.670. The summed E-state index contributed by atoms with van der Waals surface area (Å²) in [5.74, 6) is 1.16. The van der Waals surface area contributed by atoms with Gasteiger partial charge in [-0.1, -0.05) is 12.1 Å². The van der Waals surface area contributed by atoms with E-state index in [4.69, 9.17) is 0 Å². The number of nitro groups is 1. The third-order valence-corrected chi connectivity index (χ3v) is 4.73. The van der Waals surface area contributed by atoms with Gasteiger partial charge in [-0.2, -0.15) is 0 Å². The van der Waals surface area contributed by atoms with Gasteiger partial charge in [0.25, 0.3) is 5.69 Å². The molecule has 6 heteroatoms. The first-order valence-corrected chi connectivity index (χ1v) is 7.30. The highest BCUT2D eigenvalue weighted by atomic mass is 16.6. The van der Waals surface area contributed by atoms with Crippen LogP contribution in [0.1, 0.15) is 12.5 Å². The van der Waals surface area contributed by atoms with Crippen LogP contribution in [0.3, 0.4) is 0 Å². The van der Waals surface area contributed by atoms with Crippen LogP contribution in [0.25, 0.3) is 0 Å². The van der Waals surface area contributed by atoms with E-state index in [9.17, 15) is 14.9 Å². The summed E-state index contributed by atoms with van der Waals surface area (Å²) in [5, 5.41) is 14.2. The van der Waals surface area contributed by atoms with Crippen LogP contribution in [0.15, 0.2) is 24.3 Å². The van der Waals surface area contributed by atoms with Gasteiger partial charge in [0.15, 0.2) is 0 Å². The molecule has 2 aliphatic rings. The molecule has 0 radical (unpaired) electrons. The number of fused-ring (bicyclic) bond motifs is 1. The topological polar surface area (TPSA) is 75.5 Å². The number of carbonyl (C=O) groups is 1. The summed E-state index contributed by atoms with van der Waals surface area (Å²) in [6.45, 7) is 4.86. The largest absolute Gasteiger partial charge is 0.339 e. The van der Waals surface area contributed by atoms with Crippen LogP contribution >= 0.6 is 0 Å². The highest BCUT2D eigenvalue weighted by molar-refractivity contribution is 5.79. The first-order valence-electron chi connectivity index (χ1n) is 7.30. The Labute approximate surface area is 123 Å². The molecule has 2 heterocycles. The van der Waals surface area contributed by atoms with E-state index in [0.29, 0.717) is 17.4 Å². The summed E-state index contributed by atoms with van der Waals surface area (Å²) in [7, 11) is 0. The second-order valence-electron chi connectivity index (χ2n) is 5.97. The van der Waals surface area contributed by atoms with Crippen molar-refractivity contribution in [1.82, 2.24) is 10.2 Å². The van der Waals surface area contributed by atoms with Gasteiger partial charge in [-0.05, 0) is 24.3 Å². The van der Waals surface area contributed by atoms with E-state index in [1.165, 1.54) is 12.1 Å². The minimum atomic E-state index is -0.428. The molecule has 1 amide bonds. The van der Waals surface area contributed by atoms with Crippen molar-refractivity contribution in [3.8, 4) is 0 Å². The Morgan fingerprint density at radius 3 is 3.00 bits per heavy atom. The number of amides is 1. The van der Waals surface area contributed by atoms with Crippen LogP contribution in [-0.2, 0) is 11.2 Å². The van der Waals surface area contributed by atoms with Crippen molar-refractivity contribution >= 4 is 11.6 Å². The fraction of sp³-hybridized carbons (Fsp3) is 0.533. The van der Waals surface area contributed by atoms with Gasteiger partial charge in [0.1, 0.15) is 0 Å². The molecule has 112 valence electrons. The first-order chi connectivity index (χ1) is 10.1. The van der Waals surface area contributed by atoms with Gasteiger partial charge in [-0.25, -0.2) is 0 Å². The number of hydrogen-bond donors (Lipinski definition) is 1. The van der Waals surface area contributed by atoms with E-state index < -0.39 is 4.92 Å². The lowest BCUT2D eigenvalue weighted by Gasteiger charge is -2.24. The van der Waals surface area contributed by atoms with E-state index in [1.54, 1.807) is 12.1 Å². The van der Waals surface area contributed by atoms with Crippen molar-refractivity contribution in [1.29, 1.82) is 0 Å². The summed E-state index contributed by atoms with van der Waals surface area (Å²) in [6, 6.07) is 6.58. The van der Waals surface area contributed by atoms with Crippen LogP contribution < -0.4 is 5.32 Å². The second-order valence-corrected chi connectivity index (χ2v) is 5.97. The van der Waals surface area contributed by atoms with Crippen molar-refractivity contribution in [3.05, 3.63) is 39.9 Å². The zero-order valence-electron chi connectivity index (χ0n) is 12.0. The number of non-ortho nitro benzene ring substituents is 1. The van der Waals surface area contributed by atoms with Gasteiger partial charge in [0, 0.05) is 37.8 Å². The molecule has 2 saturated heterocycles. The molecular weight excluding hydrogens is 270 g/mol. The Morgan fingerprint density at radius 2 is 2.29 bits per heavy atom. The van der Waals surface area contributed by atoms with E-state index in [1.807, 2.05) is 4.90 Å². The minimum Gasteiger partial charge on any atom is -0.339 e. The molecule has 0 spiro atoms. The number of carbonyl (C=O) groups excluding carboxylic acids is 1. The van der Waals surface area contributed by atoms with Gasteiger partial charge in [0.2, 0.25) is 5.91 Å². The molecule has 6 nitrogen and oxygen atoms in total. The molecule has 1 N–H and O–H groups in total. The average molecular weight is 289 g/mol. The molecule has 0 saturated carbocycles. The Balaban J connectivity index is 1.69. The summed E-state index contributed by atoms with van der Waals surface area (Å²) in [4.78, 5) is 24.8. The molecule has 0 bridgehead atoms. The number of likely N-dealkylation sites (tertiary alicyclic amines) is 1. The van der Waals surface area contributed by atoms with Crippen LogP contribution in [0.4, 0.5) is 5.69 Å². The molecule has 2 aliphatic heterocycles. The maximum Gasteiger partial charge on any atom is 0.269 e. The van der Waals surface area contributed by atoms with Gasteiger partial charge >= 0.3 is 0 Å². The minimum absolute atomic E-state index is 0.0378. The number of nitrogens with zero attached hydrogens (tertiary/aromatic N) is 2. The molecule has 1 aromatic carbocycles. The van der Waals surface area contributed by atoms with Gasteiger partial charge in [-0.3, -0.25) is 14.9 Å². The Kier molecular flexibility index (Phi) is 3.63. The molecular formula is C15H19N3O3. The maximum absolute atomic E-state index is 12.5. The predicted octanol–water partition coefficient (Wildman–Crippen LogP) is 1.20. The monoisotopic (exact) mass is 289 g/mol. The van der Waals surface area contributed by atoms with E-state index in [0.717, 1.165) is 19.6 Å². The van der Waals surface area contributed by atoms with Gasteiger partial charge in [0.05, 0.1) is 11.3 Å². The number of rotatable bonds is 3. The molecule has 3 unspecified atom stereocenters. The van der Waals surface area contributed by atoms with Crippen molar-refractivity contribution < 1.29 is 9.72 Å². The lowest BCUT2D eigenvalue weighted by atomic mass is 9.95. The summed E-state index contributed by atoms with van der Waals surface area (Å²) >= 11 is 0. The standard InChI is InChI=1S/C15H19N3O3/c1-10-14-8-16-7-12(14)9-17(10)15(19)6-11-3-2-4-13(5-11)18(20)21/h2-5,10,12,14,16H,6-9H2,1H3. The molecule has 21 heavy (non-hydrogen) atoms. The Bertz CT molecular complexity index is 575. The number of hydrogen-bond acceptors (Lipinski definition) is 4. The molecule has 3 atom stereocenters. The first kappa shape index (κ1) is 14.0.